The Balaban J connectivity index is -0.0000000369. The normalized spacial score (nSPS) is 5.65. The van der Waals surface area contributed by atoms with Crippen molar-refractivity contribution in [2.75, 3.05) is 0 Å². The van der Waals surface area contributed by atoms with Crippen molar-refractivity contribution in [3.63, 3.8) is 0 Å². The Hall–Kier alpha value is -2.33. The summed E-state index contributed by atoms with van der Waals surface area (Å²) in [6.07, 6.45) is 0. The van der Waals surface area contributed by atoms with Crippen LogP contribution in [0.1, 0.15) is 0 Å². The van der Waals surface area contributed by atoms with Gasteiger partial charge in [-0.2, -0.15) is 0 Å². The minimum absolute atomic E-state index is 0. The van der Waals surface area contributed by atoms with Gasteiger partial charge in [0.15, 0.2) is 0 Å². The second kappa shape index (κ2) is 23.5. The molecule has 0 aliphatic heterocycles. The third-order valence-corrected chi connectivity index (χ3v) is 0. The molecule has 17 heavy (non-hydrogen) atoms. The quantitative estimate of drug-likeness (QED) is 0.197. The molecule has 4 N–H and O–H groups in total. The number of rotatable bonds is 0. The topological polar surface area (TPSA) is 253 Å². The molecule has 0 saturated carbocycles. The van der Waals surface area contributed by atoms with E-state index in [9.17, 15) is 0 Å². The molecule has 0 aromatic heterocycles. The fourth-order valence-corrected chi connectivity index (χ4v) is 0. The third kappa shape index (κ3) is 343. The SMILES string of the molecule is O=[N+]([O-])O.O=[N+]([O-])O.O=[N+]([O-])O.O=[N+]([O-])O.[Hf]. The Bertz CT molecular complexity index is 159. The van der Waals surface area contributed by atoms with E-state index in [0.717, 1.165) is 0 Å². The fraction of sp³-hybridized carbons (Fsp3) is 0. The van der Waals surface area contributed by atoms with Crippen molar-refractivity contribution in [2.24, 2.45) is 0 Å². The Kier molecular flexibility index (Phi) is 40.5. The van der Waals surface area contributed by atoms with Gasteiger partial charge in [0.25, 0.3) is 20.3 Å². The van der Waals surface area contributed by atoms with Crippen LogP contribution < -0.4 is 0 Å². The molecule has 0 fully saturated rings. The van der Waals surface area contributed by atoms with Crippen LogP contribution in [-0.2, 0) is 25.8 Å². The number of hydrogen-bond donors (Lipinski definition) is 4. The van der Waals surface area contributed by atoms with Crippen molar-refractivity contribution in [3.05, 3.63) is 40.5 Å². The van der Waals surface area contributed by atoms with Gasteiger partial charge in [0, 0.05) is 25.8 Å². The van der Waals surface area contributed by atoms with Gasteiger partial charge < -0.3 is 20.8 Å². The molecular weight excluding hydrogens is 427 g/mol. The molecule has 17 heteroatoms. The molecule has 0 aromatic carbocycles. The molecule has 0 atom stereocenters. The van der Waals surface area contributed by atoms with Gasteiger partial charge in [-0.25, -0.2) is 0 Å². The predicted molar refractivity (Wildman–Crippen MR) is 35.1 cm³/mol. The molecule has 16 nitrogen and oxygen atoms in total. The molecule has 0 unspecified atom stereocenters. The average molecular weight is 431 g/mol. The molecular formula is H4HfN4O12. The van der Waals surface area contributed by atoms with E-state index in [4.69, 9.17) is 61.3 Å². The van der Waals surface area contributed by atoms with Crippen molar-refractivity contribution in [2.45, 2.75) is 0 Å². The minimum atomic E-state index is -1.50. The summed E-state index contributed by atoms with van der Waals surface area (Å²) in [4.78, 5) is 33.4. The number of nitrogens with zero attached hydrogens (tertiary/aromatic N) is 4. The molecule has 0 rings (SSSR count). The van der Waals surface area contributed by atoms with E-state index < -0.39 is 20.3 Å². The average Bonchev–Trinajstić information content (AvgIpc) is 1.76. The van der Waals surface area contributed by atoms with Crippen LogP contribution in [-0.4, -0.2) is 41.2 Å². The first-order chi connectivity index (χ1) is 6.93. The summed E-state index contributed by atoms with van der Waals surface area (Å²) < 4.78 is 0. The van der Waals surface area contributed by atoms with Crippen LogP contribution >= 0.6 is 0 Å². The summed E-state index contributed by atoms with van der Waals surface area (Å²) in [5, 5.41) is 54.6. The monoisotopic (exact) mass is 432 g/mol. The molecule has 0 spiro atoms. The first-order valence-corrected chi connectivity index (χ1v) is 2.26. The number of hydrogen-bond acceptors (Lipinski definition) is 8. The summed E-state index contributed by atoms with van der Waals surface area (Å²) in [6, 6.07) is 0. The van der Waals surface area contributed by atoms with Gasteiger partial charge in [0.1, 0.15) is 0 Å². The van der Waals surface area contributed by atoms with Gasteiger partial charge in [-0.3, -0.25) is 0 Å². The van der Waals surface area contributed by atoms with Crippen LogP contribution in [0.4, 0.5) is 0 Å². The maximum absolute atomic E-state index is 8.36. The zero-order valence-corrected chi connectivity index (χ0v) is 10.9. The Labute approximate surface area is 108 Å². The zero-order chi connectivity index (χ0) is 14.3. The van der Waals surface area contributed by atoms with Crippen molar-refractivity contribution in [1.29, 1.82) is 0 Å². The van der Waals surface area contributed by atoms with Crippen molar-refractivity contribution in [1.82, 2.24) is 0 Å². The minimum Gasteiger partial charge on any atom is -0.328 e. The summed E-state index contributed by atoms with van der Waals surface area (Å²) >= 11 is 0. The molecule has 0 aromatic rings. The van der Waals surface area contributed by atoms with Crippen LogP contribution in [0.15, 0.2) is 0 Å². The van der Waals surface area contributed by atoms with E-state index in [0.29, 0.717) is 0 Å². The van der Waals surface area contributed by atoms with E-state index in [2.05, 4.69) is 0 Å². The van der Waals surface area contributed by atoms with E-state index >= 15 is 0 Å². The van der Waals surface area contributed by atoms with E-state index in [1.165, 1.54) is 0 Å². The smallest absolute Gasteiger partial charge is 0.291 e. The van der Waals surface area contributed by atoms with Crippen molar-refractivity contribution in [3.8, 4) is 0 Å². The van der Waals surface area contributed by atoms with Crippen LogP contribution in [0.2, 0.25) is 0 Å². The molecule has 0 aliphatic carbocycles. The maximum Gasteiger partial charge on any atom is 0.291 e. The molecule has 0 radical (unpaired) electrons. The standard InChI is InChI=1S/Hf.4HNO3/c;4*2-1(3)4/h;4*(H,2,3,4). The van der Waals surface area contributed by atoms with Gasteiger partial charge >= 0.3 is 0 Å². The first-order valence-electron chi connectivity index (χ1n) is 2.26. The third-order valence-electron chi connectivity index (χ3n) is 0. The van der Waals surface area contributed by atoms with Crippen LogP contribution in [0.5, 0.6) is 0 Å². The summed E-state index contributed by atoms with van der Waals surface area (Å²) in [5.74, 6) is 0. The van der Waals surface area contributed by atoms with E-state index in [1.54, 1.807) is 0 Å². The van der Waals surface area contributed by atoms with Gasteiger partial charge in [0.2, 0.25) is 0 Å². The Morgan fingerprint density at radius 3 is 0.529 bits per heavy atom. The molecule has 0 amide bonds. The Morgan fingerprint density at radius 1 is 0.529 bits per heavy atom. The van der Waals surface area contributed by atoms with Gasteiger partial charge in [-0.05, 0) is 0 Å². The molecule has 0 aliphatic rings. The zero-order valence-electron chi connectivity index (χ0n) is 7.34. The van der Waals surface area contributed by atoms with Crippen LogP contribution in [0.25, 0.3) is 0 Å². The van der Waals surface area contributed by atoms with Crippen LogP contribution in [0, 0.1) is 40.5 Å². The first kappa shape index (κ1) is 29.3. The molecule has 0 bridgehead atoms. The summed E-state index contributed by atoms with van der Waals surface area (Å²) in [7, 11) is 0. The van der Waals surface area contributed by atoms with Crippen molar-refractivity contribution < 1.29 is 67.0 Å². The van der Waals surface area contributed by atoms with E-state index in [1.807, 2.05) is 0 Å². The molecule has 0 saturated heterocycles. The second-order valence-electron chi connectivity index (χ2n) is 0.951. The largest absolute Gasteiger partial charge is 0.328 e. The molecule has 0 heterocycles. The van der Waals surface area contributed by atoms with Crippen molar-refractivity contribution >= 4 is 0 Å². The molecule has 100 valence electrons. The summed E-state index contributed by atoms with van der Waals surface area (Å²) in [6.45, 7) is 0. The van der Waals surface area contributed by atoms with Gasteiger partial charge in [-0.1, -0.05) is 0 Å². The van der Waals surface area contributed by atoms with E-state index in [-0.39, 0.29) is 25.8 Å². The van der Waals surface area contributed by atoms with Crippen LogP contribution in [0.3, 0.4) is 0 Å². The predicted octanol–water partition coefficient (Wildman–Crippen LogP) is -1.39. The Morgan fingerprint density at radius 2 is 0.529 bits per heavy atom. The maximum atomic E-state index is 8.36. The second-order valence-corrected chi connectivity index (χ2v) is 0.951. The van der Waals surface area contributed by atoms with Gasteiger partial charge in [0.05, 0.1) is 0 Å². The summed E-state index contributed by atoms with van der Waals surface area (Å²) in [5.41, 5.74) is 0. The fourth-order valence-electron chi connectivity index (χ4n) is 0. The van der Waals surface area contributed by atoms with Gasteiger partial charge in [-0.15, -0.1) is 40.5 Å².